The van der Waals surface area contributed by atoms with Gasteiger partial charge >= 0.3 is 5.97 Å². The van der Waals surface area contributed by atoms with E-state index >= 15 is 0 Å². The maximum absolute atomic E-state index is 11.5. The van der Waals surface area contributed by atoms with E-state index in [4.69, 9.17) is 23.7 Å². The highest BCUT2D eigenvalue weighted by Gasteiger charge is 2.53. The van der Waals surface area contributed by atoms with Crippen LogP contribution >= 0.6 is 0 Å². The zero-order chi connectivity index (χ0) is 25.3. The Morgan fingerprint density at radius 2 is 1.06 bits per heavy atom. The maximum atomic E-state index is 11.5. The van der Waals surface area contributed by atoms with Crippen LogP contribution < -0.4 is 0 Å². The Balaban J connectivity index is 1.72. The number of carbonyl (C=O) groups is 1. The van der Waals surface area contributed by atoms with Crippen molar-refractivity contribution in [3.63, 3.8) is 0 Å². The SMILES string of the molecule is O=C1O[C@H](CO)[C@@H](O[C@H]2O[C@H](CO)[C@@H](O[C@H]3O[C@H](CO)[C@@H](O)[C@H](O)[C@H]3O)[C@H](O)[C@H]2O)[C@H](O)[C@H]1O. The van der Waals surface area contributed by atoms with Crippen molar-refractivity contribution < 1.29 is 79.5 Å². The van der Waals surface area contributed by atoms with E-state index < -0.39 is 112 Å². The first kappa shape index (κ1) is 27.5. The predicted molar refractivity (Wildman–Crippen MR) is 100 cm³/mol. The third-order valence-electron chi connectivity index (χ3n) is 5.97. The van der Waals surface area contributed by atoms with Gasteiger partial charge in [-0.1, -0.05) is 0 Å². The van der Waals surface area contributed by atoms with E-state index in [0.29, 0.717) is 0 Å². The molecule has 3 saturated heterocycles. The molecule has 0 bridgehead atoms. The van der Waals surface area contributed by atoms with Gasteiger partial charge in [-0.15, -0.1) is 0 Å². The van der Waals surface area contributed by atoms with Gasteiger partial charge in [0.1, 0.15) is 61.0 Å². The van der Waals surface area contributed by atoms with Crippen LogP contribution in [0, 0.1) is 0 Å². The highest BCUT2D eigenvalue weighted by Crippen LogP contribution is 2.31. The van der Waals surface area contributed by atoms with Gasteiger partial charge in [-0.05, 0) is 0 Å². The van der Waals surface area contributed by atoms with Gasteiger partial charge in [-0.2, -0.15) is 0 Å². The Morgan fingerprint density at radius 1 is 0.588 bits per heavy atom. The Morgan fingerprint density at radius 3 is 1.59 bits per heavy atom. The van der Waals surface area contributed by atoms with Crippen LogP contribution in [-0.2, 0) is 28.5 Å². The number of hydrogen-bond donors (Lipinski definition) is 10. The number of rotatable bonds is 7. The van der Waals surface area contributed by atoms with Crippen LogP contribution in [0.4, 0.5) is 0 Å². The molecule has 0 amide bonds. The molecule has 3 fully saturated rings. The predicted octanol–water partition coefficient (Wildman–Crippen LogP) is -7.36. The molecule has 198 valence electrons. The van der Waals surface area contributed by atoms with Gasteiger partial charge in [-0.3, -0.25) is 0 Å². The summed E-state index contributed by atoms with van der Waals surface area (Å²) >= 11 is 0. The van der Waals surface area contributed by atoms with Crippen LogP contribution in [0.5, 0.6) is 0 Å². The summed E-state index contributed by atoms with van der Waals surface area (Å²) in [4.78, 5) is 11.5. The van der Waals surface area contributed by atoms with Gasteiger partial charge in [0.2, 0.25) is 0 Å². The minimum Gasteiger partial charge on any atom is -0.455 e. The van der Waals surface area contributed by atoms with Crippen molar-refractivity contribution in [1.29, 1.82) is 0 Å². The highest BCUT2D eigenvalue weighted by molar-refractivity contribution is 5.76. The van der Waals surface area contributed by atoms with Crippen LogP contribution in [0.3, 0.4) is 0 Å². The summed E-state index contributed by atoms with van der Waals surface area (Å²) in [6.45, 7) is -2.40. The van der Waals surface area contributed by atoms with Crippen molar-refractivity contribution in [2.24, 2.45) is 0 Å². The van der Waals surface area contributed by atoms with Crippen molar-refractivity contribution in [3.05, 3.63) is 0 Å². The molecule has 0 saturated carbocycles. The zero-order valence-electron chi connectivity index (χ0n) is 17.6. The van der Waals surface area contributed by atoms with E-state index in [0.717, 1.165) is 0 Å². The number of aliphatic hydroxyl groups is 10. The van der Waals surface area contributed by atoms with Gasteiger partial charge in [0.15, 0.2) is 24.8 Å². The summed E-state index contributed by atoms with van der Waals surface area (Å²) in [5, 5.41) is 99.2. The molecule has 34 heavy (non-hydrogen) atoms. The summed E-state index contributed by atoms with van der Waals surface area (Å²) in [7, 11) is 0. The molecular formula is C18H30O16. The summed E-state index contributed by atoms with van der Waals surface area (Å²) in [5.74, 6) is -1.21. The van der Waals surface area contributed by atoms with Crippen molar-refractivity contribution in [2.45, 2.75) is 85.8 Å². The molecule has 3 aliphatic heterocycles. The molecule has 14 atom stereocenters. The Labute approximate surface area is 192 Å². The van der Waals surface area contributed by atoms with Crippen LogP contribution in [0.25, 0.3) is 0 Å². The number of ether oxygens (including phenoxy) is 5. The lowest BCUT2D eigenvalue weighted by atomic mass is 9.96. The molecule has 0 aromatic rings. The molecule has 0 aromatic carbocycles. The molecule has 0 aliphatic carbocycles. The first-order valence-electron chi connectivity index (χ1n) is 10.5. The lowest BCUT2D eigenvalue weighted by Crippen LogP contribution is -2.66. The standard InChI is InChI=1S/C18H30O16/c19-1-4-7(22)8(23)12(27)17(31-4)34-15-6(3-21)32-18(13(28)10(15)25)33-14-5(2-20)30-16(29)11(26)9(14)24/h4-15,17-28H,1-3H2/t4-,5-,6-,7-,8+,9-,10-,11-,12-,13-,14-,15-,17-,18-/m1/s1. The second-order valence-electron chi connectivity index (χ2n) is 8.20. The van der Waals surface area contributed by atoms with Gasteiger partial charge in [0, 0.05) is 0 Å². The van der Waals surface area contributed by atoms with Crippen molar-refractivity contribution in [3.8, 4) is 0 Å². The van der Waals surface area contributed by atoms with Crippen molar-refractivity contribution >= 4 is 5.97 Å². The fourth-order valence-corrected chi connectivity index (χ4v) is 3.96. The van der Waals surface area contributed by atoms with E-state index in [1.54, 1.807) is 0 Å². The Hall–Kier alpha value is -1.09. The zero-order valence-corrected chi connectivity index (χ0v) is 17.6. The molecular weight excluding hydrogens is 472 g/mol. The number of esters is 1. The van der Waals surface area contributed by atoms with Gasteiger partial charge in [0.25, 0.3) is 0 Å². The topological polar surface area (TPSA) is 266 Å². The quantitative estimate of drug-likeness (QED) is 0.145. The second kappa shape index (κ2) is 11.3. The average molecular weight is 502 g/mol. The summed E-state index contributed by atoms with van der Waals surface area (Å²) in [6, 6.07) is 0. The fourth-order valence-electron chi connectivity index (χ4n) is 3.96. The lowest BCUT2D eigenvalue weighted by molar-refractivity contribution is -0.369. The normalized spacial score (nSPS) is 50.1. The molecule has 3 aliphatic rings. The highest BCUT2D eigenvalue weighted by atomic mass is 16.7. The summed E-state index contributed by atoms with van der Waals surface area (Å²) in [5.41, 5.74) is 0. The maximum Gasteiger partial charge on any atom is 0.338 e. The van der Waals surface area contributed by atoms with Crippen LogP contribution in [0.2, 0.25) is 0 Å². The number of aliphatic hydroxyl groups excluding tert-OH is 10. The Bertz CT molecular complexity index is 674. The smallest absolute Gasteiger partial charge is 0.338 e. The largest absolute Gasteiger partial charge is 0.455 e. The van der Waals surface area contributed by atoms with Crippen LogP contribution in [0.1, 0.15) is 0 Å². The average Bonchev–Trinajstić information content (AvgIpc) is 2.83. The van der Waals surface area contributed by atoms with Crippen LogP contribution in [-0.4, -0.2) is 163 Å². The molecule has 16 nitrogen and oxygen atoms in total. The van der Waals surface area contributed by atoms with Crippen LogP contribution in [0.15, 0.2) is 0 Å². The van der Waals surface area contributed by atoms with Gasteiger partial charge < -0.3 is 74.7 Å². The molecule has 0 radical (unpaired) electrons. The first-order chi connectivity index (χ1) is 16.0. The van der Waals surface area contributed by atoms with E-state index in [2.05, 4.69) is 0 Å². The minimum absolute atomic E-state index is 0.747. The monoisotopic (exact) mass is 502 g/mol. The van der Waals surface area contributed by atoms with Crippen molar-refractivity contribution in [1.82, 2.24) is 0 Å². The molecule has 0 spiro atoms. The van der Waals surface area contributed by atoms with Gasteiger partial charge in [0.05, 0.1) is 19.8 Å². The molecule has 3 rings (SSSR count). The lowest BCUT2D eigenvalue weighted by Gasteiger charge is -2.47. The number of cyclic esters (lactones) is 1. The third kappa shape index (κ3) is 5.20. The van der Waals surface area contributed by atoms with E-state index in [9.17, 15) is 55.9 Å². The summed E-state index contributed by atoms with van der Waals surface area (Å²) in [6.07, 6.45) is -23.9. The molecule has 10 N–H and O–H groups in total. The summed E-state index contributed by atoms with van der Waals surface area (Å²) < 4.78 is 26.1. The minimum atomic E-state index is -2.02. The first-order valence-corrected chi connectivity index (χ1v) is 10.5. The molecule has 16 heteroatoms. The fraction of sp³-hybridized carbons (Fsp3) is 0.944. The number of carbonyl (C=O) groups excluding carboxylic acids is 1. The van der Waals surface area contributed by atoms with Crippen molar-refractivity contribution in [2.75, 3.05) is 19.8 Å². The number of hydrogen-bond acceptors (Lipinski definition) is 16. The van der Waals surface area contributed by atoms with E-state index in [-0.39, 0.29) is 0 Å². The molecule has 0 aromatic heterocycles. The third-order valence-corrected chi connectivity index (χ3v) is 5.97. The van der Waals surface area contributed by atoms with Gasteiger partial charge in [-0.25, -0.2) is 4.79 Å². The van der Waals surface area contributed by atoms with E-state index in [1.165, 1.54) is 0 Å². The Kier molecular flexibility index (Phi) is 9.15. The van der Waals surface area contributed by atoms with E-state index in [1.807, 2.05) is 0 Å². The molecule has 3 heterocycles. The molecule has 0 unspecified atom stereocenters. The second-order valence-corrected chi connectivity index (χ2v) is 8.20.